The average Bonchev–Trinajstić information content (AvgIpc) is 3.20. The van der Waals surface area contributed by atoms with Gasteiger partial charge in [0, 0.05) is 45.9 Å². The normalized spacial score (nSPS) is 16.4. The lowest BCUT2D eigenvalue weighted by Gasteiger charge is -2.37. The number of rotatable bonds is 10. The van der Waals surface area contributed by atoms with Gasteiger partial charge < -0.3 is 14.8 Å². The first-order chi connectivity index (χ1) is 17.7. The van der Waals surface area contributed by atoms with Gasteiger partial charge in [0.2, 0.25) is 10.0 Å². The predicted octanol–water partition coefficient (Wildman–Crippen LogP) is 3.12. The van der Waals surface area contributed by atoms with Gasteiger partial charge in [0.15, 0.2) is 4.64 Å². The van der Waals surface area contributed by atoms with Crippen molar-refractivity contribution in [2.45, 2.75) is 51.0 Å². The van der Waals surface area contributed by atoms with E-state index in [-0.39, 0.29) is 17.5 Å². The summed E-state index contributed by atoms with van der Waals surface area (Å²) in [6.07, 6.45) is 2.38. The molecule has 1 fully saturated rings. The number of piperazine rings is 1. The summed E-state index contributed by atoms with van der Waals surface area (Å²) in [5.74, 6) is 0.980. The number of aryl methyl sites for hydroxylation is 2. The van der Waals surface area contributed by atoms with Crippen LogP contribution in [0, 0.1) is 4.64 Å². The zero-order chi connectivity index (χ0) is 26.7. The number of aliphatic hydroxyl groups is 1. The van der Waals surface area contributed by atoms with E-state index in [9.17, 15) is 13.5 Å². The molecule has 4 rings (SSSR count). The van der Waals surface area contributed by atoms with Crippen molar-refractivity contribution in [3.8, 4) is 17.1 Å². The van der Waals surface area contributed by atoms with Gasteiger partial charge in [0.25, 0.3) is 0 Å². The van der Waals surface area contributed by atoms with E-state index in [1.54, 1.807) is 22.9 Å². The molecule has 1 saturated heterocycles. The van der Waals surface area contributed by atoms with Crippen molar-refractivity contribution in [3.63, 3.8) is 0 Å². The van der Waals surface area contributed by atoms with Crippen LogP contribution in [0.2, 0.25) is 0 Å². The third-order valence-electron chi connectivity index (χ3n) is 6.85. The Morgan fingerprint density at radius 2 is 1.95 bits per heavy atom. The fourth-order valence-electron chi connectivity index (χ4n) is 4.84. The van der Waals surface area contributed by atoms with Gasteiger partial charge in [-0.2, -0.15) is 9.40 Å². The topological polar surface area (TPSA) is 117 Å². The highest BCUT2D eigenvalue weighted by Crippen LogP contribution is 2.33. The summed E-state index contributed by atoms with van der Waals surface area (Å²) in [4.78, 5) is 10.4. The van der Waals surface area contributed by atoms with E-state index in [4.69, 9.17) is 17.0 Å². The van der Waals surface area contributed by atoms with Crippen molar-refractivity contribution in [2.75, 3.05) is 39.4 Å². The molecule has 1 aromatic carbocycles. The third-order valence-corrected chi connectivity index (χ3v) is 9.03. The molecule has 2 N–H and O–H groups in total. The van der Waals surface area contributed by atoms with Crippen LogP contribution in [-0.2, 0) is 23.5 Å². The minimum absolute atomic E-state index is 0.121. The second kappa shape index (κ2) is 11.6. The number of fused-ring (bicyclic) bond motifs is 1. The number of hydrogen-bond donors (Lipinski definition) is 2. The largest absolute Gasteiger partial charge is 0.493 e. The minimum atomic E-state index is -3.73. The van der Waals surface area contributed by atoms with Gasteiger partial charge in [-0.1, -0.05) is 25.6 Å². The van der Waals surface area contributed by atoms with Crippen molar-refractivity contribution in [3.05, 3.63) is 28.5 Å². The Hall–Kier alpha value is -2.38. The maximum absolute atomic E-state index is 13.6. The van der Waals surface area contributed by atoms with E-state index in [0.717, 1.165) is 29.6 Å². The Morgan fingerprint density at radius 3 is 2.59 bits per heavy atom. The lowest BCUT2D eigenvalue weighted by molar-refractivity contribution is 0.124. The first-order valence-corrected chi connectivity index (χ1v) is 14.6. The number of benzene rings is 1. The Labute approximate surface area is 223 Å². The van der Waals surface area contributed by atoms with Crippen molar-refractivity contribution >= 4 is 33.3 Å². The summed E-state index contributed by atoms with van der Waals surface area (Å²) in [5.41, 5.74) is 2.99. The number of aromatic nitrogens is 4. The van der Waals surface area contributed by atoms with Gasteiger partial charge in [0.1, 0.15) is 17.1 Å². The molecule has 0 aliphatic carbocycles. The van der Waals surface area contributed by atoms with E-state index in [0.29, 0.717) is 61.0 Å². The Kier molecular flexibility index (Phi) is 8.64. The van der Waals surface area contributed by atoms with Gasteiger partial charge in [-0.3, -0.25) is 9.58 Å². The molecule has 0 amide bonds. The molecule has 0 radical (unpaired) electrons. The van der Waals surface area contributed by atoms with Crippen LogP contribution in [-0.4, -0.2) is 87.9 Å². The number of hydrogen-bond acceptors (Lipinski definition) is 8. The highest BCUT2D eigenvalue weighted by atomic mass is 32.2. The molecule has 12 heteroatoms. The minimum Gasteiger partial charge on any atom is -0.493 e. The van der Waals surface area contributed by atoms with Crippen LogP contribution < -0.4 is 4.74 Å². The predicted molar refractivity (Wildman–Crippen MR) is 146 cm³/mol. The standard InChI is InChI=1S/C25H36N6O4S2/c1-5-7-20-22-23(29(4)28-20)25(36)27-24(26-22)19-16-18(8-9-21(19)35-6-2)37(33,34)31-13-11-30(12-14-31)17(3)10-15-32/h8-9,16-17,32H,5-7,10-15H2,1-4H3,(H,26,27,36). The van der Waals surface area contributed by atoms with Crippen LogP contribution >= 0.6 is 12.2 Å². The fourth-order valence-corrected chi connectivity index (χ4v) is 6.61. The van der Waals surface area contributed by atoms with Crippen molar-refractivity contribution in [2.24, 2.45) is 7.05 Å². The number of nitrogens with one attached hydrogen (secondary N) is 1. The average molecular weight is 549 g/mol. The second-order valence-electron chi connectivity index (χ2n) is 9.33. The Balaban J connectivity index is 1.72. The number of nitrogens with zero attached hydrogens (tertiary/aromatic N) is 5. The molecule has 0 bridgehead atoms. The fraction of sp³-hybridized carbons (Fsp3) is 0.560. The quantitative estimate of drug-likeness (QED) is 0.371. The number of H-pyrrole nitrogens is 1. The van der Waals surface area contributed by atoms with Crippen molar-refractivity contribution < 1.29 is 18.3 Å². The maximum atomic E-state index is 13.6. The molecule has 3 aromatic rings. The van der Waals surface area contributed by atoms with Crippen LogP contribution in [0.25, 0.3) is 22.4 Å². The summed E-state index contributed by atoms with van der Waals surface area (Å²) in [6, 6.07) is 5.10. The van der Waals surface area contributed by atoms with Crippen molar-refractivity contribution in [1.29, 1.82) is 0 Å². The first-order valence-electron chi connectivity index (χ1n) is 12.8. The summed E-state index contributed by atoms with van der Waals surface area (Å²) >= 11 is 5.61. The molecular formula is C25H36N6O4S2. The second-order valence-corrected chi connectivity index (χ2v) is 11.7. The highest BCUT2D eigenvalue weighted by molar-refractivity contribution is 7.89. The molecule has 1 aliphatic heterocycles. The molecule has 1 aliphatic rings. The zero-order valence-electron chi connectivity index (χ0n) is 21.9. The number of aromatic amines is 1. The highest BCUT2D eigenvalue weighted by Gasteiger charge is 2.31. The molecule has 1 atom stereocenters. The first kappa shape index (κ1) is 27.6. The summed E-state index contributed by atoms with van der Waals surface area (Å²) < 4.78 is 36.8. The summed E-state index contributed by atoms with van der Waals surface area (Å²) in [7, 11) is -1.89. The lowest BCUT2D eigenvalue weighted by atomic mass is 10.1. The molecule has 3 heterocycles. The van der Waals surface area contributed by atoms with Gasteiger partial charge in [-0.05, 0) is 44.9 Å². The Bertz CT molecular complexity index is 1410. The van der Waals surface area contributed by atoms with Crippen LogP contribution in [0.15, 0.2) is 23.1 Å². The van der Waals surface area contributed by atoms with Crippen LogP contribution in [0.5, 0.6) is 5.75 Å². The SMILES string of the molecule is CCCc1nn(C)c2c(=S)nc(-c3cc(S(=O)(=O)N4CCN(C(C)CCO)CC4)ccc3OCC)[nH]c12. The molecule has 2 aromatic heterocycles. The van der Waals surface area contributed by atoms with Crippen LogP contribution in [0.4, 0.5) is 0 Å². The number of aliphatic hydroxyl groups excluding tert-OH is 1. The van der Waals surface area contributed by atoms with Gasteiger partial charge in [-0.25, -0.2) is 13.4 Å². The maximum Gasteiger partial charge on any atom is 0.243 e. The van der Waals surface area contributed by atoms with E-state index >= 15 is 0 Å². The smallest absolute Gasteiger partial charge is 0.243 e. The van der Waals surface area contributed by atoms with Crippen molar-refractivity contribution in [1.82, 2.24) is 29.0 Å². The molecule has 10 nitrogen and oxygen atoms in total. The lowest BCUT2D eigenvalue weighted by Crippen LogP contribution is -2.51. The van der Waals surface area contributed by atoms with Gasteiger partial charge in [0.05, 0.1) is 28.3 Å². The zero-order valence-corrected chi connectivity index (χ0v) is 23.5. The van der Waals surface area contributed by atoms with Gasteiger partial charge in [-0.15, -0.1) is 0 Å². The molecule has 37 heavy (non-hydrogen) atoms. The Morgan fingerprint density at radius 1 is 1.22 bits per heavy atom. The number of ether oxygens (including phenoxy) is 1. The molecular weight excluding hydrogens is 512 g/mol. The molecule has 0 spiro atoms. The summed E-state index contributed by atoms with van der Waals surface area (Å²) in [6.45, 7) is 8.60. The number of sulfonamides is 1. The van der Waals surface area contributed by atoms with Crippen LogP contribution in [0.1, 0.15) is 39.3 Å². The van der Waals surface area contributed by atoms with Crippen LogP contribution in [0.3, 0.4) is 0 Å². The summed E-state index contributed by atoms with van der Waals surface area (Å²) in [5, 5.41) is 13.8. The molecule has 1 unspecified atom stereocenters. The molecule has 0 saturated carbocycles. The van der Waals surface area contributed by atoms with E-state index < -0.39 is 10.0 Å². The van der Waals surface area contributed by atoms with E-state index in [2.05, 4.69) is 33.8 Å². The molecule has 202 valence electrons. The van der Waals surface area contributed by atoms with E-state index in [1.807, 2.05) is 14.0 Å². The third kappa shape index (κ3) is 5.58. The van der Waals surface area contributed by atoms with E-state index in [1.165, 1.54) is 4.31 Å². The van der Waals surface area contributed by atoms with Gasteiger partial charge >= 0.3 is 0 Å². The monoisotopic (exact) mass is 548 g/mol.